The van der Waals surface area contributed by atoms with E-state index in [1.54, 1.807) is 7.11 Å². The maximum absolute atomic E-state index is 5.64. The standard InChI is InChI=1S/C21H30N2OS/c1-3-19(21-11-14-8-15(12-21)10-16(9-14)13-21)23-20(25)22-17-4-6-18(24-2)7-5-17/h4-7,14-16,19H,3,8-13H2,1-2H3,(H2,22,23,25). The number of ether oxygens (including phenoxy) is 1. The van der Waals surface area contributed by atoms with Gasteiger partial charge in [-0.25, -0.2) is 0 Å². The van der Waals surface area contributed by atoms with Crippen molar-refractivity contribution in [3.8, 4) is 5.75 Å². The van der Waals surface area contributed by atoms with Crippen LogP contribution < -0.4 is 15.4 Å². The van der Waals surface area contributed by atoms with Crippen molar-refractivity contribution in [2.75, 3.05) is 12.4 Å². The maximum atomic E-state index is 5.64. The van der Waals surface area contributed by atoms with Crippen LogP contribution in [0.5, 0.6) is 5.75 Å². The molecule has 4 aliphatic rings. The van der Waals surface area contributed by atoms with Gasteiger partial charge in [-0.1, -0.05) is 6.92 Å². The average molecular weight is 359 g/mol. The lowest BCUT2D eigenvalue weighted by molar-refractivity contribution is -0.0709. The summed E-state index contributed by atoms with van der Waals surface area (Å²) in [6, 6.07) is 8.44. The van der Waals surface area contributed by atoms with Gasteiger partial charge in [-0.05, 0) is 105 Å². The molecule has 3 nitrogen and oxygen atoms in total. The summed E-state index contributed by atoms with van der Waals surface area (Å²) in [5.74, 6) is 3.80. The lowest BCUT2D eigenvalue weighted by atomic mass is 9.47. The van der Waals surface area contributed by atoms with Crippen molar-refractivity contribution in [3.63, 3.8) is 0 Å². The molecule has 1 aromatic rings. The molecular formula is C21H30N2OS. The number of thiocarbonyl (C=S) groups is 1. The van der Waals surface area contributed by atoms with Crippen molar-refractivity contribution in [3.05, 3.63) is 24.3 Å². The molecule has 4 heteroatoms. The molecule has 136 valence electrons. The van der Waals surface area contributed by atoms with E-state index in [0.29, 0.717) is 11.5 Å². The Morgan fingerprint density at radius 1 is 1.12 bits per heavy atom. The molecule has 1 unspecified atom stereocenters. The van der Waals surface area contributed by atoms with Crippen molar-refractivity contribution in [2.45, 2.75) is 57.9 Å². The Kier molecular flexibility index (Phi) is 4.65. The van der Waals surface area contributed by atoms with Crippen LogP contribution in [0.4, 0.5) is 5.69 Å². The predicted octanol–water partition coefficient (Wildman–Crippen LogP) is 4.98. The summed E-state index contributed by atoms with van der Waals surface area (Å²) in [6.07, 6.45) is 9.86. The number of hydrogen-bond donors (Lipinski definition) is 2. The van der Waals surface area contributed by atoms with Crippen LogP contribution in [-0.2, 0) is 0 Å². The van der Waals surface area contributed by atoms with Crippen molar-refractivity contribution < 1.29 is 4.74 Å². The molecule has 1 aromatic carbocycles. The first-order valence-corrected chi connectivity index (χ1v) is 10.2. The van der Waals surface area contributed by atoms with Crippen molar-refractivity contribution >= 4 is 23.0 Å². The van der Waals surface area contributed by atoms with Crippen LogP contribution >= 0.6 is 12.2 Å². The molecule has 4 saturated carbocycles. The van der Waals surface area contributed by atoms with Gasteiger partial charge in [0.05, 0.1) is 7.11 Å². The van der Waals surface area contributed by atoms with Crippen molar-refractivity contribution in [1.29, 1.82) is 0 Å². The summed E-state index contributed by atoms with van der Waals surface area (Å²) in [6.45, 7) is 2.31. The highest BCUT2D eigenvalue weighted by molar-refractivity contribution is 7.80. The Labute approximate surface area is 156 Å². The first kappa shape index (κ1) is 17.1. The minimum absolute atomic E-state index is 0.481. The van der Waals surface area contributed by atoms with Crippen LogP contribution in [0.3, 0.4) is 0 Å². The highest BCUT2D eigenvalue weighted by Crippen LogP contribution is 2.61. The van der Waals surface area contributed by atoms with E-state index in [-0.39, 0.29) is 0 Å². The van der Waals surface area contributed by atoms with Crippen LogP contribution in [0, 0.1) is 23.2 Å². The molecule has 0 spiro atoms. The van der Waals surface area contributed by atoms with Gasteiger partial charge < -0.3 is 15.4 Å². The van der Waals surface area contributed by atoms with E-state index >= 15 is 0 Å². The fraction of sp³-hybridized carbons (Fsp3) is 0.667. The second kappa shape index (κ2) is 6.79. The third kappa shape index (κ3) is 3.38. The molecule has 25 heavy (non-hydrogen) atoms. The predicted molar refractivity (Wildman–Crippen MR) is 107 cm³/mol. The Morgan fingerprint density at radius 2 is 1.68 bits per heavy atom. The molecule has 0 heterocycles. The zero-order valence-corrected chi connectivity index (χ0v) is 16.2. The molecular weight excluding hydrogens is 328 g/mol. The molecule has 0 aromatic heterocycles. The highest BCUT2D eigenvalue weighted by atomic mass is 32.1. The summed E-state index contributed by atoms with van der Waals surface area (Å²) < 4.78 is 5.22. The highest BCUT2D eigenvalue weighted by Gasteiger charge is 2.53. The molecule has 2 N–H and O–H groups in total. The number of benzene rings is 1. The van der Waals surface area contributed by atoms with Gasteiger partial charge in [0.2, 0.25) is 0 Å². The van der Waals surface area contributed by atoms with E-state index in [4.69, 9.17) is 17.0 Å². The number of rotatable bonds is 5. The van der Waals surface area contributed by atoms with Gasteiger partial charge in [0, 0.05) is 11.7 Å². The van der Waals surface area contributed by atoms with E-state index in [0.717, 1.165) is 40.7 Å². The molecule has 1 atom stereocenters. The van der Waals surface area contributed by atoms with E-state index in [1.165, 1.54) is 38.5 Å². The summed E-state index contributed by atoms with van der Waals surface area (Å²) in [4.78, 5) is 0. The Hall–Kier alpha value is -1.29. The van der Waals surface area contributed by atoms with Gasteiger partial charge in [-0.3, -0.25) is 0 Å². The zero-order chi connectivity index (χ0) is 17.4. The van der Waals surface area contributed by atoms with Crippen molar-refractivity contribution in [1.82, 2.24) is 5.32 Å². The summed E-state index contributed by atoms with van der Waals surface area (Å²) in [5.41, 5.74) is 1.49. The van der Waals surface area contributed by atoms with Crippen LogP contribution in [0.2, 0.25) is 0 Å². The molecule has 5 rings (SSSR count). The van der Waals surface area contributed by atoms with Crippen LogP contribution in [-0.4, -0.2) is 18.3 Å². The second-order valence-electron chi connectivity index (χ2n) is 8.57. The number of hydrogen-bond acceptors (Lipinski definition) is 2. The van der Waals surface area contributed by atoms with Gasteiger partial charge >= 0.3 is 0 Å². The normalized spacial score (nSPS) is 33.8. The van der Waals surface area contributed by atoms with E-state index in [1.807, 2.05) is 24.3 Å². The topological polar surface area (TPSA) is 33.3 Å². The first-order chi connectivity index (χ1) is 12.1. The van der Waals surface area contributed by atoms with Crippen LogP contribution in [0.25, 0.3) is 0 Å². The summed E-state index contributed by atoms with van der Waals surface area (Å²) in [7, 11) is 1.69. The number of methoxy groups -OCH3 is 1. The summed E-state index contributed by atoms with van der Waals surface area (Å²) in [5, 5.41) is 7.80. The summed E-state index contributed by atoms with van der Waals surface area (Å²) >= 11 is 5.64. The Bertz CT molecular complexity index is 592. The van der Waals surface area contributed by atoms with E-state index < -0.39 is 0 Å². The fourth-order valence-electron chi connectivity index (χ4n) is 6.29. The smallest absolute Gasteiger partial charge is 0.171 e. The minimum Gasteiger partial charge on any atom is -0.497 e. The maximum Gasteiger partial charge on any atom is 0.171 e. The molecule has 0 saturated heterocycles. The molecule has 0 radical (unpaired) electrons. The van der Waals surface area contributed by atoms with Gasteiger partial charge in [-0.2, -0.15) is 0 Å². The average Bonchev–Trinajstić information content (AvgIpc) is 2.59. The molecule has 4 aliphatic carbocycles. The number of anilines is 1. The SMILES string of the molecule is CCC(NC(=S)Nc1ccc(OC)cc1)C12CC3CC(CC(C3)C1)C2. The van der Waals surface area contributed by atoms with Gasteiger partial charge in [0.15, 0.2) is 5.11 Å². The second-order valence-corrected chi connectivity index (χ2v) is 8.98. The monoisotopic (exact) mass is 358 g/mol. The zero-order valence-electron chi connectivity index (χ0n) is 15.4. The molecule has 0 amide bonds. The number of nitrogens with one attached hydrogen (secondary N) is 2. The Morgan fingerprint density at radius 3 is 2.16 bits per heavy atom. The largest absolute Gasteiger partial charge is 0.497 e. The van der Waals surface area contributed by atoms with Crippen molar-refractivity contribution in [2.24, 2.45) is 23.2 Å². The third-order valence-electron chi connectivity index (χ3n) is 6.89. The molecule has 4 fully saturated rings. The van der Waals surface area contributed by atoms with Gasteiger partial charge in [0.1, 0.15) is 5.75 Å². The van der Waals surface area contributed by atoms with Crippen LogP contribution in [0.15, 0.2) is 24.3 Å². The minimum atomic E-state index is 0.481. The van der Waals surface area contributed by atoms with Gasteiger partial charge in [0.25, 0.3) is 0 Å². The third-order valence-corrected chi connectivity index (χ3v) is 7.11. The lowest BCUT2D eigenvalue weighted by Gasteiger charge is -2.59. The quantitative estimate of drug-likeness (QED) is 0.728. The Balaban J connectivity index is 1.42. The first-order valence-electron chi connectivity index (χ1n) is 9.82. The fourth-order valence-corrected chi connectivity index (χ4v) is 6.55. The van der Waals surface area contributed by atoms with Gasteiger partial charge in [-0.15, -0.1) is 0 Å². The van der Waals surface area contributed by atoms with E-state index in [9.17, 15) is 0 Å². The molecule has 0 aliphatic heterocycles. The lowest BCUT2D eigenvalue weighted by Crippen LogP contribution is -2.57. The molecule has 4 bridgehead atoms. The van der Waals surface area contributed by atoms with E-state index in [2.05, 4.69) is 17.6 Å². The van der Waals surface area contributed by atoms with Crippen LogP contribution in [0.1, 0.15) is 51.9 Å².